The summed E-state index contributed by atoms with van der Waals surface area (Å²) in [7, 11) is -3.03. The van der Waals surface area contributed by atoms with E-state index in [0.29, 0.717) is 6.42 Å². The van der Waals surface area contributed by atoms with E-state index in [9.17, 15) is 13.2 Å². The van der Waals surface area contributed by atoms with Crippen LogP contribution in [0.5, 0.6) is 0 Å². The predicted octanol–water partition coefficient (Wildman–Crippen LogP) is 1.66. The summed E-state index contributed by atoms with van der Waals surface area (Å²) >= 11 is 0. The number of benzene rings is 1. The van der Waals surface area contributed by atoms with Crippen molar-refractivity contribution in [3.8, 4) is 0 Å². The van der Waals surface area contributed by atoms with Crippen LogP contribution in [-0.2, 0) is 9.84 Å². The lowest BCUT2D eigenvalue weighted by atomic mass is 10.0. The third kappa shape index (κ3) is 4.11. The Hall–Kier alpha value is -2.41. The van der Waals surface area contributed by atoms with Gasteiger partial charge >= 0.3 is 6.03 Å². The summed E-state index contributed by atoms with van der Waals surface area (Å²) in [5.41, 5.74) is 1.63. The molecule has 0 radical (unpaired) electrons. The molecule has 3 rings (SSSR count). The smallest absolute Gasteiger partial charge is 0.315 e. The average Bonchev–Trinajstić information content (AvgIpc) is 2.93. The van der Waals surface area contributed by atoms with Gasteiger partial charge in [-0.15, -0.1) is 0 Å². The van der Waals surface area contributed by atoms with E-state index in [2.05, 4.69) is 15.6 Å². The minimum Gasteiger partial charge on any atom is -0.334 e. The highest BCUT2D eigenvalue weighted by Gasteiger charge is 2.29. The molecular formula is C17H19N3O3S. The molecule has 1 saturated heterocycles. The van der Waals surface area contributed by atoms with Gasteiger partial charge in [0.1, 0.15) is 0 Å². The second-order valence-electron chi connectivity index (χ2n) is 5.82. The first-order chi connectivity index (χ1) is 11.5. The fraction of sp³-hybridized carbons (Fsp3) is 0.294. The largest absolute Gasteiger partial charge is 0.334 e. The SMILES string of the molecule is O=C(N[C@@H]1CCS(=O)(=O)C1)N[C@H](c1ccccc1)c1ccccn1. The minimum absolute atomic E-state index is 0.0000106. The number of amides is 2. The van der Waals surface area contributed by atoms with Crippen LogP contribution in [0.1, 0.15) is 23.7 Å². The molecule has 1 aromatic carbocycles. The maximum Gasteiger partial charge on any atom is 0.315 e. The molecule has 1 aliphatic rings. The van der Waals surface area contributed by atoms with Crippen LogP contribution in [0, 0.1) is 0 Å². The van der Waals surface area contributed by atoms with Gasteiger partial charge in [0.05, 0.1) is 23.2 Å². The summed E-state index contributed by atoms with van der Waals surface area (Å²) in [6, 6.07) is 13.9. The van der Waals surface area contributed by atoms with E-state index in [1.807, 2.05) is 48.5 Å². The van der Waals surface area contributed by atoms with Crippen LogP contribution in [0.4, 0.5) is 4.79 Å². The van der Waals surface area contributed by atoms with E-state index in [1.165, 1.54) is 0 Å². The van der Waals surface area contributed by atoms with Crippen LogP contribution in [0.2, 0.25) is 0 Å². The Balaban J connectivity index is 1.74. The second kappa shape index (κ2) is 7.00. The average molecular weight is 345 g/mol. The van der Waals surface area contributed by atoms with Crippen molar-refractivity contribution in [1.29, 1.82) is 0 Å². The summed E-state index contributed by atoms with van der Waals surface area (Å²) in [4.78, 5) is 16.6. The van der Waals surface area contributed by atoms with Crippen LogP contribution in [0.3, 0.4) is 0 Å². The molecule has 0 aliphatic carbocycles. The molecule has 6 nitrogen and oxygen atoms in total. The van der Waals surface area contributed by atoms with Crippen molar-refractivity contribution in [3.63, 3.8) is 0 Å². The van der Waals surface area contributed by atoms with E-state index in [0.717, 1.165) is 11.3 Å². The van der Waals surface area contributed by atoms with Gasteiger partial charge in [-0.05, 0) is 24.1 Å². The Bertz CT molecular complexity index is 755. The fourth-order valence-electron chi connectivity index (χ4n) is 2.79. The summed E-state index contributed by atoms with van der Waals surface area (Å²) < 4.78 is 23.0. The van der Waals surface area contributed by atoms with Crippen molar-refractivity contribution < 1.29 is 13.2 Å². The van der Waals surface area contributed by atoms with Crippen LogP contribution in [0.15, 0.2) is 54.7 Å². The lowest BCUT2D eigenvalue weighted by Crippen LogP contribution is -2.44. The molecule has 2 N–H and O–H groups in total. The molecule has 1 aliphatic heterocycles. The van der Waals surface area contributed by atoms with Crippen molar-refractivity contribution >= 4 is 15.9 Å². The molecular weight excluding hydrogens is 326 g/mol. The highest BCUT2D eigenvalue weighted by atomic mass is 32.2. The zero-order valence-electron chi connectivity index (χ0n) is 13.1. The normalized spacial score (nSPS) is 20.2. The number of hydrogen-bond donors (Lipinski definition) is 2. The molecule has 0 unspecified atom stereocenters. The summed E-state index contributed by atoms with van der Waals surface area (Å²) in [5.74, 6) is 0.125. The number of aromatic nitrogens is 1. The Morgan fingerprint density at radius 1 is 1.12 bits per heavy atom. The molecule has 0 bridgehead atoms. The molecule has 2 heterocycles. The number of urea groups is 1. The van der Waals surface area contributed by atoms with Crippen molar-refractivity contribution in [2.75, 3.05) is 11.5 Å². The highest BCUT2D eigenvalue weighted by molar-refractivity contribution is 7.91. The zero-order chi connectivity index (χ0) is 17.0. The number of rotatable bonds is 4. The minimum atomic E-state index is -3.03. The van der Waals surface area contributed by atoms with Gasteiger partial charge in [0.25, 0.3) is 0 Å². The predicted molar refractivity (Wildman–Crippen MR) is 91.2 cm³/mol. The van der Waals surface area contributed by atoms with E-state index in [-0.39, 0.29) is 17.5 Å². The lowest BCUT2D eigenvalue weighted by Gasteiger charge is -2.20. The Morgan fingerprint density at radius 2 is 1.88 bits per heavy atom. The third-order valence-corrected chi connectivity index (χ3v) is 5.73. The maximum absolute atomic E-state index is 12.3. The number of hydrogen-bond acceptors (Lipinski definition) is 4. The van der Waals surface area contributed by atoms with Crippen LogP contribution in [0.25, 0.3) is 0 Å². The second-order valence-corrected chi connectivity index (χ2v) is 8.04. The first-order valence-corrected chi connectivity index (χ1v) is 9.59. The monoisotopic (exact) mass is 345 g/mol. The summed E-state index contributed by atoms with van der Waals surface area (Å²) in [6.07, 6.45) is 2.13. The molecule has 7 heteroatoms. The molecule has 0 spiro atoms. The highest BCUT2D eigenvalue weighted by Crippen LogP contribution is 2.20. The molecule has 1 fully saturated rings. The van der Waals surface area contributed by atoms with Gasteiger partial charge < -0.3 is 10.6 Å². The van der Waals surface area contributed by atoms with Gasteiger partial charge in [0.2, 0.25) is 0 Å². The summed E-state index contributed by atoms with van der Waals surface area (Å²) in [6.45, 7) is 0. The topological polar surface area (TPSA) is 88.2 Å². The van der Waals surface area contributed by atoms with E-state index >= 15 is 0 Å². The quantitative estimate of drug-likeness (QED) is 0.882. The fourth-order valence-corrected chi connectivity index (χ4v) is 4.46. The van der Waals surface area contributed by atoms with E-state index < -0.39 is 21.9 Å². The van der Waals surface area contributed by atoms with E-state index in [4.69, 9.17) is 0 Å². The zero-order valence-corrected chi connectivity index (χ0v) is 13.9. The molecule has 2 aromatic rings. The molecule has 24 heavy (non-hydrogen) atoms. The number of carbonyl (C=O) groups excluding carboxylic acids is 1. The maximum atomic E-state index is 12.3. The Kier molecular flexibility index (Phi) is 4.80. The number of sulfone groups is 1. The van der Waals surface area contributed by atoms with Gasteiger partial charge in [-0.1, -0.05) is 36.4 Å². The molecule has 1 aromatic heterocycles. The Morgan fingerprint density at radius 3 is 2.50 bits per heavy atom. The summed E-state index contributed by atoms with van der Waals surface area (Å²) in [5, 5.41) is 5.64. The van der Waals surface area contributed by atoms with Crippen molar-refractivity contribution in [1.82, 2.24) is 15.6 Å². The van der Waals surface area contributed by atoms with Gasteiger partial charge in [-0.2, -0.15) is 0 Å². The molecule has 126 valence electrons. The number of pyridine rings is 1. The Labute approximate surface area is 141 Å². The number of carbonyl (C=O) groups is 1. The van der Waals surface area contributed by atoms with Gasteiger partial charge in [-0.3, -0.25) is 4.98 Å². The molecule has 2 atom stereocenters. The van der Waals surface area contributed by atoms with Crippen molar-refractivity contribution in [3.05, 3.63) is 66.0 Å². The van der Waals surface area contributed by atoms with Gasteiger partial charge in [0, 0.05) is 12.2 Å². The molecule has 2 amide bonds. The standard InChI is InChI=1S/C17H19N3O3S/c21-17(19-14-9-11-24(22,23)12-14)20-16(13-6-2-1-3-7-13)15-8-4-5-10-18-15/h1-8,10,14,16H,9,11-12H2,(H2,19,20,21)/t14-,16-/m1/s1. The van der Waals surface area contributed by atoms with Crippen LogP contribution < -0.4 is 10.6 Å². The van der Waals surface area contributed by atoms with Crippen molar-refractivity contribution in [2.45, 2.75) is 18.5 Å². The number of nitrogens with one attached hydrogen (secondary N) is 2. The third-order valence-electron chi connectivity index (χ3n) is 3.96. The lowest BCUT2D eigenvalue weighted by molar-refractivity contribution is 0.235. The van der Waals surface area contributed by atoms with E-state index in [1.54, 1.807) is 6.20 Å². The van der Waals surface area contributed by atoms with Crippen LogP contribution in [-0.4, -0.2) is 37.0 Å². The van der Waals surface area contributed by atoms with Gasteiger partial charge in [0.15, 0.2) is 9.84 Å². The molecule has 0 saturated carbocycles. The van der Waals surface area contributed by atoms with Crippen molar-refractivity contribution in [2.24, 2.45) is 0 Å². The first kappa shape index (κ1) is 16.4. The first-order valence-electron chi connectivity index (χ1n) is 7.77. The van der Waals surface area contributed by atoms with Gasteiger partial charge in [-0.25, -0.2) is 13.2 Å². The number of nitrogens with zero attached hydrogens (tertiary/aromatic N) is 1. The van der Waals surface area contributed by atoms with Crippen LogP contribution >= 0.6 is 0 Å².